The van der Waals surface area contributed by atoms with Crippen molar-refractivity contribution in [1.29, 1.82) is 0 Å². The van der Waals surface area contributed by atoms with Crippen molar-refractivity contribution in [2.45, 2.75) is 18.3 Å². The molecule has 6 heteroatoms. The molecule has 17 heavy (non-hydrogen) atoms. The van der Waals surface area contributed by atoms with Gasteiger partial charge in [0.1, 0.15) is 30.9 Å². The Morgan fingerprint density at radius 1 is 1.24 bits per heavy atom. The van der Waals surface area contributed by atoms with Crippen LogP contribution in [0.2, 0.25) is 0 Å². The van der Waals surface area contributed by atoms with Crippen molar-refractivity contribution in [2.75, 3.05) is 41.0 Å². The molecule has 0 aromatic heterocycles. The first-order chi connectivity index (χ1) is 8.36. The highest BCUT2D eigenvalue weighted by molar-refractivity contribution is 5.11. The Morgan fingerprint density at radius 2 is 2.06 bits per heavy atom. The van der Waals surface area contributed by atoms with E-state index in [1.165, 1.54) is 0 Å². The molecule has 0 aromatic carbocycles. The van der Waals surface area contributed by atoms with Gasteiger partial charge in [0, 0.05) is 14.2 Å². The maximum atomic E-state index is 5.62. The summed E-state index contributed by atoms with van der Waals surface area (Å²) in [6.07, 6.45) is 1.40. The number of rotatable bonds is 6. The minimum absolute atomic E-state index is 0.116. The summed E-state index contributed by atoms with van der Waals surface area (Å²) in [4.78, 5) is 0. The third-order valence-electron chi connectivity index (χ3n) is 2.70. The summed E-state index contributed by atoms with van der Waals surface area (Å²) in [6, 6.07) is 0. The van der Waals surface area contributed by atoms with Crippen LogP contribution in [0.25, 0.3) is 0 Å². The molecular weight excluding hydrogens is 228 g/mol. The molecule has 2 rings (SSSR count). The molecule has 0 aliphatic carbocycles. The van der Waals surface area contributed by atoms with Gasteiger partial charge in [0.25, 0.3) is 0 Å². The molecule has 0 saturated carbocycles. The summed E-state index contributed by atoms with van der Waals surface area (Å²) in [5.41, 5.74) is 0. The predicted molar refractivity (Wildman–Crippen MR) is 57.3 cm³/mol. The molecule has 0 spiro atoms. The fourth-order valence-corrected chi connectivity index (χ4v) is 1.95. The normalized spacial score (nSPS) is 32.1. The smallest absolute Gasteiger partial charge is 0.188 e. The molecule has 0 unspecified atom stereocenters. The number of ether oxygens (including phenoxy) is 6. The van der Waals surface area contributed by atoms with Gasteiger partial charge in [-0.25, -0.2) is 0 Å². The highest BCUT2D eigenvalue weighted by Gasteiger charge is 2.43. The monoisotopic (exact) mass is 246 g/mol. The van der Waals surface area contributed by atoms with E-state index in [2.05, 4.69) is 0 Å². The average molecular weight is 246 g/mol. The van der Waals surface area contributed by atoms with Gasteiger partial charge in [0.15, 0.2) is 6.79 Å². The van der Waals surface area contributed by atoms with E-state index in [-0.39, 0.29) is 31.9 Å². The van der Waals surface area contributed by atoms with E-state index >= 15 is 0 Å². The lowest BCUT2D eigenvalue weighted by molar-refractivity contribution is -0.118. The van der Waals surface area contributed by atoms with E-state index in [4.69, 9.17) is 28.4 Å². The summed E-state index contributed by atoms with van der Waals surface area (Å²) in [7, 11) is 3.17. The lowest BCUT2D eigenvalue weighted by Crippen LogP contribution is -2.39. The largest absolute Gasteiger partial charge is 0.469 e. The highest BCUT2D eigenvalue weighted by atomic mass is 16.7. The second-order valence-corrected chi connectivity index (χ2v) is 3.82. The molecular formula is C11H18O6. The van der Waals surface area contributed by atoms with Gasteiger partial charge in [-0.3, -0.25) is 0 Å². The van der Waals surface area contributed by atoms with Gasteiger partial charge in [0.05, 0.1) is 13.2 Å². The first-order valence-corrected chi connectivity index (χ1v) is 5.52. The van der Waals surface area contributed by atoms with E-state index in [0.29, 0.717) is 13.2 Å². The maximum absolute atomic E-state index is 5.62. The zero-order chi connectivity index (χ0) is 12.1. The van der Waals surface area contributed by atoms with E-state index < -0.39 is 0 Å². The summed E-state index contributed by atoms with van der Waals surface area (Å²) in [6.45, 7) is 1.42. The Labute approximate surface area is 100 Å². The molecule has 0 aromatic rings. The van der Waals surface area contributed by atoms with Crippen molar-refractivity contribution >= 4 is 0 Å². The van der Waals surface area contributed by atoms with E-state index in [0.717, 1.165) is 5.76 Å². The van der Waals surface area contributed by atoms with Crippen LogP contribution in [-0.4, -0.2) is 59.3 Å². The molecule has 2 heterocycles. The van der Waals surface area contributed by atoms with E-state index in [9.17, 15) is 0 Å². The van der Waals surface area contributed by atoms with E-state index in [1.54, 1.807) is 14.2 Å². The van der Waals surface area contributed by atoms with Gasteiger partial charge >= 0.3 is 0 Å². The number of hydrogen-bond acceptors (Lipinski definition) is 6. The Balaban J connectivity index is 1.91. The van der Waals surface area contributed by atoms with Crippen LogP contribution in [0.15, 0.2) is 11.8 Å². The molecule has 98 valence electrons. The van der Waals surface area contributed by atoms with Crippen molar-refractivity contribution in [3.8, 4) is 0 Å². The van der Waals surface area contributed by atoms with Gasteiger partial charge in [-0.15, -0.1) is 0 Å². The van der Waals surface area contributed by atoms with Crippen molar-refractivity contribution in [3.05, 3.63) is 11.8 Å². The van der Waals surface area contributed by atoms with Crippen LogP contribution < -0.4 is 0 Å². The van der Waals surface area contributed by atoms with Crippen LogP contribution in [0.5, 0.6) is 0 Å². The fourth-order valence-electron chi connectivity index (χ4n) is 1.95. The first-order valence-electron chi connectivity index (χ1n) is 5.52. The highest BCUT2D eigenvalue weighted by Crippen LogP contribution is 2.29. The second kappa shape index (κ2) is 6.32. The average Bonchev–Trinajstić information content (AvgIpc) is 2.77. The second-order valence-electron chi connectivity index (χ2n) is 3.82. The summed E-state index contributed by atoms with van der Waals surface area (Å²) in [5.74, 6) is 0.756. The summed E-state index contributed by atoms with van der Waals surface area (Å²) < 4.78 is 31.9. The Bertz CT molecular complexity index is 267. The van der Waals surface area contributed by atoms with Gasteiger partial charge in [-0.2, -0.15) is 0 Å². The van der Waals surface area contributed by atoms with Crippen LogP contribution in [-0.2, 0) is 28.4 Å². The molecule has 0 radical (unpaired) electrons. The predicted octanol–water partition coefficient (Wildman–Crippen LogP) is 0.277. The van der Waals surface area contributed by atoms with E-state index in [1.807, 2.05) is 6.08 Å². The molecule has 2 aliphatic rings. The van der Waals surface area contributed by atoms with Crippen molar-refractivity contribution < 1.29 is 28.4 Å². The third-order valence-corrected chi connectivity index (χ3v) is 2.70. The lowest BCUT2D eigenvalue weighted by Gasteiger charge is -2.28. The minimum Gasteiger partial charge on any atom is -0.469 e. The van der Waals surface area contributed by atoms with Gasteiger partial charge in [0.2, 0.25) is 0 Å². The summed E-state index contributed by atoms with van der Waals surface area (Å²) >= 11 is 0. The molecule has 1 fully saturated rings. The topological polar surface area (TPSA) is 55.4 Å². The van der Waals surface area contributed by atoms with Crippen LogP contribution in [0.1, 0.15) is 0 Å². The number of hydrogen-bond donors (Lipinski definition) is 0. The van der Waals surface area contributed by atoms with Gasteiger partial charge in [-0.05, 0) is 6.08 Å². The Morgan fingerprint density at radius 3 is 2.82 bits per heavy atom. The Hall–Kier alpha value is -0.660. The van der Waals surface area contributed by atoms with Gasteiger partial charge in [-0.1, -0.05) is 0 Å². The SMILES string of the molecule is COCOC1=CCO[C@@H]2[C@@H](OCOC)CO[C@H]12. The zero-order valence-electron chi connectivity index (χ0n) is 10.1. The number of fused-ring (bicyclic) bond motifs is 1. The molecule has 0 amide bonds. The first kappa shape index (κ1) is 12.8. The molecule has 0 N–H and O–H groups in total. The van der Waals surface area contributed by atoms with Crippen LogP contribution in [0.3, 0.4) is 0 Å². The molecule has 0 bridgehead atoms. The zero-order valence-corrected chi connectivity index (χ0v) is 10.1. The number of methoxy groups -OCH3 is 2. The van der Waals surface area contributed by atoms with Gasteiger partial charge < -0.3 is 28.4 Å². The maximum Gasteiger partial charge on any atom is 0.188 e. The van der Waals surface area contributed by atoms with Crippen LogP contribution in [0, 0.1) is 0 Å². The quantitative estimate of drug-likeness (QED) is 0.627. The lowest BCUT2D eigenvalue weighted by atomic mass is 10.1. The summed E-state index contributed by atoms with van der Waals surface area (Å²) in [5, 5.41) is 0. The fraction of sp³-hybridized carbons (Fsp3) is 0.818. The third kappa shape index (κ3) is 2.97. The van der Waals surface area contributed by atoms with Crippen LogP contribution in [0.4, 0.5) is 0 Å². The van der Waals surface area contributed by atoms with Crippen molar-refractivity contribution in [1.82, 2.24) is 0 Å². The molecule has 6 nitrogen and oxygen atoms in total. The molecule has 1 saturated heterocycles. The van der Waals surface area contributed by atoms with Crippen molar-refractivity contribution in [2.24, 2.45) is 0 Å². The Kier molecular flexibility index (Phi) is 4.75. The molecule has 2 aliphatic heterocycles. The van der Waals surface area contributed by atoms with Crippen molar-refractivity contribution in [3.63, 3.8) is 0 Å². The van der Waals surface area contributed by atoms with Crippen LogP contribution >= 0.6 is 0 Å². The minimum atomic E-state index is -0.208. The molecule has 3 atom stereocenters. The standard InChI is InChI=1S/C11H18O6/c1-12-6-16-8-3-4-14-11-9(17-7-13-2)5-15-10(8)11/h3,9-11H,4-7H2,1-2H3/t9-,10+,11+/m0/s1.